The quantitative estimate of drug-likeness (QED) is 0.325. The smallest absolute Gasteiger partial charge is 0.545 e. The number of nitrogens with zero attached hydrogens (tertiary/aromatic N) is 1. The van der Waals surface area contributed by atoms with Crippen LogP contribution >= 0.6 is 67.8 Å². The Labute approximate surface area is 211 Å². The van der Waals surface area contributed by atoms with Crippen molar-refractivity contribution >= 4 is 96.9 Å². The van der Waals surface area contributed by atoms with Crippen LogP contribution in [0.25, 0.3) is 0 Å². The number of benzene rings is 1. The summed E-state index contributed by atoms with van der Waals surface area (Å²) >= 11 is 5.70. The molecule has 0 heterocycles. The molecule has 0 radical (unpaired) electrons. The standard InChI is InChI=1S/C12H11I3N2O4.K/c1-4(18)16-10-7(13)6(12(20)21)8(14)11(9(10)15)17(3)5(2)19;/h1-3H3,(H,16,18)(H,20,21);/q;+1/p-1. The summed E-state index contributed by atoms with van der Waals surface area (Å²) in [6, 6.07) is 0. The number of hydrogen-bond acceptors (Lipinski definition) is 4. The summed E-state index contributed by atoms with van der Waals surface area (Å²) < 4.78 is 1.37. The van der Waals surface area contributed by atoms with Gasteiger partial charge in [-0.3, -0.25) is 9.59 Å². The van der Waals surface area contributed by atoms with Gasteiger partial charge in [0.05, 0.1) is 20.9 Å². The molecule has 1 rings (SSSR count). The van der Waals surface area contributed by atoms with Crippen LogP contribution in [0.15, 0.2) is 0 Å². The molecule has 0 fully saturated rings. The van der Waals surface area contributed by atoms with Gasteiger partial charge in [-0.1, -0.05) is 0 Å². The van der Waals surface area contributed by atoms with Crippen molar-refractivity contribution < 1.29 is 70.9 Å². The van der Waals surface area contributed by atoms with Crippen LogP contribution in [0.2, 0.25) is 0 Å². The third-order valence-corrected chi connectivity index (χ3v) is 5.79. The topological polar surface area (TPSA) is 89.5 Å². The minimum Gasteiger partial charge on any atom is -0.545 e. The van der Waals surface area contributed by atoms with Crippen LogP contribution in [-0.4, -0.2) is 24.8 Å². The van der Waals surface area contributed by atoms with Crippen molar-refractivity contribution in [3.05, 3.63) is 16.3 Å². The number of nitrogens with one attached hydrogen (secondary N) is 1. The fourth-order valence-corrected chi connectivity index (χ4v) is 6.17. The molecule has 0 saturated carbocycles. The van der Waals surface area contributed by atoms with Crippen molar-refractivity contribution in [2.24, 2.45) is 0 Å². The summed E-state index contributed by atoms with van der Waals surface area (Å²) in [6.45, 7) is 2.71. The summed E-state index contributed by atoms with van der Waals surface area (Å²) in [5.41, 5.74) is 0.766. The van der Waals surface area contributed by atoms with Crippen molar-refractivity contribution in [3.63, 3.8) is 0 Å². The molecule has 0 aliphatic carbocycles. The average Bonchev–Trinajstić information content (AvgIpc) is 2.33. The van der Waals surface area contributed by atoms with Crippen molar-refractivity contribution in [1.29, 1.82) is 0 Å². The summed E-state index contributed by atoms with van der Waals surface area (Å²) in [4.78, 5) is 35.7. The molecule has 114 valence electrons. The monoisotopic (exact) mass is 666 g/mol. The van der Waals surface area contributed by atoms with E-state index < -0.39 is 5.97 Å². The molecule has 10 heteroatoms. The summed E-state index contributed by atoms with van der Waals surface area (Å²) in [5.74, 6) is -1.93. The van der Waals surface area contributed by atoms with Crippen LogP contribution in [0.5, 0.6) is 0 Å². The maximum Gasteiger partial charge on any atom is 1.00 e. The Morgan fingerprint density at radius 2 is 1.55 bits per heavy atom. The molecule has 2 amide bonds. The zero-order chi connectivity index (χ0) is 16.5. The zero-order valence-corrected chi connectivity index (χ0v) is 21.8. The predicted octanol–water partition coefficient (Wildman–Crippen LogP) is -1.19. The number of carboxylic acid groups (broad SMARTS) is 1. The number of carboxylic acids is 1. The maximum atomic E-state index is 11.6. The first-order valence-electron chi connectivity index (χ1n) is 5.53. The van der Waals surface area contributed by atoms with Gasteiger partial charge < -0.3 is 20.1 Å². The van der Waals surface area contributed by atoms with Crippen LogP contribution in [0.1, 0.15) is 24.2 Å². The molecule has 1 aromatic rings. The van der Waals surface area contributed by atoms with E-state index in [0.717, 1.165) is 0 Å². The van der Waals surface area contributed by atoms with Crippen LogP contribution < -0.4 is 66.7 Å². The third-order valence-electron chi connectivity index (χ3n) is 2.61. The molecule has 6 nitrogen and oxygen atoms in total. The molecule has 0 bridgehead atoms. The Kier molecular flexibility index (Phi) is 10.5. The van der Waals surface area contributed by atoms with Gasteiger partial charge in [-0.2, -0.15) is 0 Å². The van der Waals surface area contributed by atoms with Crippen LogP contribution in [0.4, 0.5) is 11.4 Å². The molecule has 0 aromatic heterocycles. The maximum absolute atomic E-state index is 11.6. The number of halogens is 3. The fraction of sp³-hybridized carbons (Fsp3) is 0.250. The van der Waals surface area contributed by atoms with Crippen molar-refractivity contribution in [2.75, 3.05) is 17.3 Å². The zero-order valence-electron chi connectivity index (χ0n) is 12.2. The van der Waals surface area contributed by atoms with Gasteiger partial charge in [0.2, 0.25) is 11.8 Å². The number of carbonyl (C=O) groups is 3. The second-order valence-corrected chi connectivity index (χ2v) is 7.32. The summed E-state index contributed by atoms with van der Waals surface area (Å²) in [7, 11) is 1.55. The number of aromatic carboxylic acids is 1. The molecule has 1 aromatic carbocycles. The molecule has 22 heavy (non-hydrogen) atoms. The second kappa shape index (κ2) is 9.81. The van der Waals surface area contributed by atoms with E-state index in [1.165, 1.54) is 18.7 Å². The van der Waals surface area contributed by atoms with E-state index in [-0.39, 0.29) is 68.8 Å². The van der Waals surface area contributed by atoms with Crippen molar-refractivity contribution in [2.45, 2.75) is 13.8 Å². The van der Waals surface area contributed by atoms with E-state index in [0.29, 0.717) is 22.1 Å². The second-order valence-electron chi connectivity index (χ2n) is 4.09. The number of anilines is 2. The molecular formula is C12H10I3KN2O4. The van der Waals surface area contributed by atoms with E-state index in [4.69, 9.17) is 0 Å². The summed E-state index contributed by atoms with van der Waals surface area (Å²) in [6.07, 6.45) is 0. The Morgan fingerprint density at radius 3 is 1.91 bits per heavy atom. The van der Waals surface area contributed by atoms with Gasteiger partial charge in [-0.25, -0.2) is 0 Å². The Morgan fingerprint density at radius 1 is 1.05 bits per heavy atom. The van der Waals surface area contributed by atoms with E-state index in [2.05, 4.69) is 5.32 Å². The molecule has 0 unspecified atom stereocenters. The van der Waals surface area contributed by atoms with Gasteiger partial charge in [0, 0.05) is 33.6 Å². The number of amides is 2. The van der Waals surface area contributed by atoms with Crippen molar-refractivity contribution in [3.8, 4) is 0 Å². The number of carbonyl (C=O) groups excluding carboxylic acids is 3. The Bertz CT molecular complexity index is 652. The van der Waals surface area contributed by atoms with Crippen LogP contribution in [0.3, 0.4) is 0 Å². The first-order valence-corrected chi connectivity index (χ1v) is 8.76. The first-order chi connectivity index (χ1) is 9.59. The van der Waals surface area contributed by atoms with Crippen LogP contribution in [-0.2, 0) is 9.59 Å². The van der Waals surface area contributed by atoms with Gasteiger partial charge in [0.15, 0.2) is 0 Å². The molecule has 0 saturated heterocycles. The average molecular weight is 666 g/mol. The fourth-order valence-electron chi connectivity index (χ4n) is 1.57. The van der Waals surface area contributed by atoms with Crippen molar-refractivity contribution in [1.82, 2.24) is 0 Å². The van der Waals surface area contributed by atoms with Gasteiger partial charge in [-0.05, 0) is 67.8 Å². The van der Waals surface area contributed by atoms with Gasteiger partial charge >= 0.3 is 51.4 Å². The summed E-state index contributed by atoms with van der Waals surface area (Å²) in [5, 5.41) is 14.0. The van der Waals surface area contributed by atoms with E-state index >= 15 is 0 Å². The first kappa shape index (κ1) is 23.5. The Balaban J connectivity index is 0.00000441. The SMILES string of the molecule is CC(=O)Nc1c(I)c(C(=O)[O-])c(I)c(N(C)C(C)=O)c1I.[K+]. The predicted molar refractivity (Wildman–Crippen MR) is 102 cm³/mol. The van der Waals surface area contributed by atoms with Gasteiger partial charge in [-0.15, -0.1) is 0 Å². The molecular weight excluding hydrogens is 656 g/mol. The van der Waals surface area contributed by atoms with E-state index in [1.807, 2.05) is 67.8 Å². The molecule has 0 aliphatic rings. The van der Waals surface area contributed by atoms with Gasteiger partial charge in [0.25, 0.3) is 0 Å². The molecule has 0 aliphatic heterocycles. The molecule has 1 N–H and O–H groups in total. The third kappa shape index (κ3) is 5.22. The van der Waals surface area contributed by atoms with E-state index in [1.54, 1.807) is 7.05 Å². The molecule has 0 atom stereocenters. The van der Waals surface area contributed by atoms with E-state index in [9.17, 15) is 19.5 Å². The Hall–Kier alpha value is 1.46. The number of rotatable bonds is 3. The molecule has 0 spiro atoms. The minimum atomic E-state index is -1.36. The largest absolute Gasteiger partial charge is 1.00 e. The number of hydrogen-bond donors (Lipinski definition) is 1. The normalized spacial score (nSPS) is 9.73. The van der Waals surface area contributed by atoms with Gasteiger partial charge in [0.1, 0.15) is 0 Å². The minimum absolute atomic E-state index is 0. The van der Waals surface area contributed by atoms with Crippen LogP contribution in [0, 0.1) is 10.7 Å².